The molecular formula is C27H41N5O3. The molecule has 2 heterocycles. The summed E-state index contributed by atoms with van der Waals surface area (Å²) < 4.78 is 0. The molecule has 0 aliphatic heterocycles. The van der Waals surface area contributed by atoms with Crippen LogP contribution in [0.4, 0.5) is 0 Å². The van der Waals surface area contributed by atoms with Gasteiger partial charge in [-0.2, -0.15) is 0 Å². The molecular weight excluding hydrogens is 442 g/mol. The lowest BCUT2D eigenvalue weighted by atomic mass is 10.0. The Kier molecular flexibility index (Phi) is 15.3. The van der Waals surface area contributed by atoms with Crippen molar-refractivity contribution in [2.75, 3.05) is 27.7 Å². The van der Waals surface area contributed by atoms with Gasteiger partial charge in [0, 0.05) is 43.4 Å². The van der Waals surface area contributed by atoms with Gasteiger partial charge in [-0.3, -0.25) is 9.97 Å². The molecule has 2 aromatic heterocycles. The van der Waals surface area contributed by atoms with Gasteiger partial charge < -0.3 is 26.2 Å². The lowest BCUT2D eigenvalue weighted by Gasteiger charge is -2.19. The van der Waals surface area contributed by atoms with Gasteiger partial charge in [0.05, 0.1) is 5.69 Å². The first-order valence-corrected chi connectivity index (χ1v) is 11.3. The van der Waals surface area contributed by atoms with Crippen LogP contribution in [0.25, 0.3) is 11.3 Å². The molecule has 192 valence electrons. The van der Waals surface area contributed by atoms with Crippen molar-refractivity contribution in [1.82, 2.24) is 20.2 Å². The van der Waals surface area contributed by atoms with E-state index in [9.17, 15) is 9.90 Å². The van der Waals surface area contributed by atoms with Gasteiger partial charge in [-0.05, 0) is 95.9 Å². The Hall–Kier alpha value is -3.49. The second-order valence-electron chi connectivity index (χ2n) is 8.46. The first-order chi connectivity index (χ1) is 16.4. The molecule has 0 radical (unpaired) electrons. The maximum absolute atomic E-state index is 10.4. The van der Waals surface area contributed by atoms with E-state index in [0.29, 0.717) is 6.54 Å². The number of aliphatic carboxylic acids is 1. The van der Waals surface area contributed by atoms with Gasteiger partial charge in [0.2, 0.25) is 0 Å². The van der Waals surface area contributed by atoms with Crippen molar-refractivity contribution in [1.29, 1.82) is 0 Å². The van der Waals surface area contributed by atoms with Gasteiger partial charge in [0.1, 0.15) is 0 Å². The molecule has 0 aromatic carbocycles. The van der Waals surface area contributed by atoms with Crippen LogP contribution in [0.2, 0.25) is 0 Å². The number of nitrogens with two attached hydrogens (primary N) is 1. The van der Waals surface area contributed by atoms with E-state index in [1.807, 2.05) is 95.6 Å². The fourth-order valence-electron chi connectivity index (χ4n) is 2.25. The molecule has 35 heavy (non-hydrogen) atoms. The Morgan fingerprint density at radius 1 is 1.20 bits per heavy atom. The topological polar surface area (TPSA) is 125 Å². The fourth-order valence-corrected chi connectivity index (χ4v) is 2.25. The van der Waals surface area contributed by atoms with Gasteiger partial charge in [0.15, 0.2) is 5.60 Å². The summed E-state index contributed by atoms with van der Waals surface area (Å²) in [7, 11) is 5.56. The minimum Gasteiger partial charge on any atom is -0.479 e. The standard InChI is InChI=1S/C11H10N2.C9H16N2.C7H15NO3/c1-9-4-5-11(13-7-9)10-3-2-6-12-8-10;1-8(6-7-10)4-5-9(2)11-3;1-7(11,6(9)10)4-5-8(2)3/h2-8H,1H3;4-7,11H,10H2,1-3H3;11H,4-5H2,1-3H3,(H,9,10)/b;7-6+,8-4-,9-5+;. The van der Waals surface area contributed by atoms with Crippen molar-refractivity contribution >= 4 is 5.97 Å². The van der Waals surface area contributed by atoms with E-state index in [2.05, 4.69) is 21.4 Å². The van der Waals surface area contributed by atoms with E-state index in [1.54, 1.807) is 6.20 Å². The zero-order chi connectivity index (χ0) is 26.9. The minimum absolute atomic E-state index is 0.245. The number of aliphatic hydroxyl groups is 1. The summed E-state index contributed by atoms with van der Waals surface area (Å²) in [6.45, 7) is 7.91. The number of rotatable bonds is 8. The van der Waals surface area contributed by atoms with Crippen molar-refractivity contribution in [2.24, 2.45) is 5.73 Å². The van der Waals surface area contributed by atoms with E-state index in [-0.39, 0.29) is 6.42 Å². The van der Waals surface area contributed by atoms with E-state index >= 15 is 0 Å². The molecule has 2 aromatic rings. The van der Waals surface area contributed by atoms with Gasteiger partial charge in [-0.1, -0.05) is 12.1 Å². The molecule has 0 aliphatic rings. The molecule has 0 aliphatic carbocycles. The third-order valence-corrected chi connectivity index (χ3v) is 4.72. The number of hydrogen-bond acceptors (Lipinski definition) is 7. The summed E-state index contributed by atoms with van der Waals surface area (Å²) in [5.41, 5.74) is 9.10. The zero-order valence-electron chi connectivity index (χ0n) is 22.0. The summed E-state index contributed by atoms with van der Waals surface area (Å²) in [6.07, 6.45) is 13.1. The number of pyridine rings is 2. The Labute approximate surface area is 209 Å². The molecule has 1 unspecified atom stereocenters. The van der Waals surface area contributed by atoms with Gasteiger partial charge in [0.25, 0.3) is 0 Å². The molecule has 1 atom stereocenters. The van der Waals surface area contributed by atoms with E-state index in [1.165, 1.54) is 18.7 Å². The highest BCUT2D eigenvalue weighted by molar-refractivity contribution is 5.76. The number of hydrogen-bond donors (Lipinski definition) is 4. The normalized spacial score (nSPS) is 13.3. The SMILES string of the molecule is CN(C)CCC(C)(O)C(=O)O.CN/C(C)=C/C=C(C)\C=C\N.Cc1ccc(-c2cccnc2)nc1. The Balaban J connectivity index is 0.000000500. The third-order valence-electron chi connectivity index (χ3n) is 4.72. The van der Waals surface area contributed by atoms with Crippen LogP contribution in [0.15, 0.2) is 78.6 Å². The van der Waals surface area contributed by atoms with Crippen LogP contribution < -0.4 is 11.1 Å². The summed E-state index contributed by atoms with van der Waals surface area (Å²) >= 11 is 0. The van der Waals surface area contributed by atoms with Crippen molar-refractivity contribution in [3.05, 3.63) is 84.1 Å². The number of aromatic nitrogens is 2. The monoisotopic (exact) mass is 483 g/mol. The quantitative estimate of drug-likeness (QED) is 0.419. The molecule has 0 amide bonds. The lowest BCUT2D eigenvalue weighted by Crippen LogP contribution is -2.37. The van der Waals surface area contributed by atoms with Gasteiger partial charge >= 0.3 is 5.97 Å². The van der Waals surface area contributed by atoms with Crippen LogP contribution in [-0.4, -0.2) is 64.3 Å². The number of nitrogens with zero attached hydrogens (tertiary/aromatic N) is 3. The van der Waals surface area contributed by atoms with Crippen LogP contribution in [-0.2, 0) is 4.79 Å². The van der Waals surface area contributed by atoms with E-state index in [4.69, 9.17) is 10.8 Å². The first-order valence-electron chi connectivity index (χ1n) is 11.3. The van der Waals surface area contributed by atoms with Crippen LogP contribution in [0, 0.1) is 6.92 Å². The fraction of sp³-hybridized carbons (Fsp3) is 0.370. The predicted octanol–water partition coefficient (Wildman–Crippen LogP) is 3.75. The summed E-state index contributed by atoms with van der Waals surface area (Å²) in [6, 6.07) is 7.98. The molecule has 0 bridgehead atoms. The largest absolute Gasteiger partial charge is 0.479 e. The average molecular weight is 484 g/mol. The lowest BCUT2D eigenvalue weighted by molar-refractivity contribution is -0.157. The Morgan fingerprint density at radius 3 is 2.34 bits per heavy atom. The van der Waals surface area contributed by atoms with Crippen molar-refractivity contribution in [3.63, 3.8) is 0 Å². The predicted molar refractivity (Wildman–Crippen MR) is 144 cm³/mol. The molecule has 0 saturated heterocycles. The smallest absolute Gasteiger partial charge is 0.335 e. The number of aryl methyl sites for hydroxylation is 1. The molecule has 0 spiro atoms. The second kappa shape index (κ2) is 17.0. The highest BCUT2D eigenvalue weighted by Gasteiger charge is 2.29. The third kappa shape index (κ3) is 15.1. The molecule has 0 saturated carbocycles. The summed E-state index contributed by atoms with van der Waals surface area (Å²) in [5, 5.41) is 20.7. The molecule has 8 heteroatoms. The molecule has 8 nitrogen and oxygen atoms in total. The highest BCUT2D eigenvalue weighted by Crippen LogP contribution is 2.14. The van der Waals surface area contributed by atoms with Crippen LogP contribution in [0.1, 0.15) is 32.8 Å². The molecule has 5 N–H and O–H groups in total. The molecule has 2 rings (SSSR count). The second-order valence-corrected chi connectivity index (χ2v) is 8.46. The highest BCUT2D eigenvalue weighted by atomic mass is 16.4. The van der Waals surface area contributed by atoms with Gasteiger partial charge in [-0.25, -0.2) is 4.79 Å². The first kappa shape index (κ1) is 31.5. The maximum atomic E-state index is 10.4. The summed E-state index contributed by atoms with van der Waals surface area (Å²) in [5.74, 6) is -1.17. The minimum atomic E-state index is -1.59. The number of carbonyl (C=O) groups is 1. The number of carboxylic acids is 1. The van der Waals surface area contributed by atoms with Gasteiger partial charge in [-0.15, -0.1) is 0 Å². The van der Waals surface area contributed by atoms with Crippen LogP contribution in [0.3, 0.4) is 0 Å². The summed E-state index contributed by atoms with van der Waals surface area (Å²) in [4.78, 5) is 20.5. The Morgan fingerprint density at radius 2 is 1.89 bits per heavy atom. The van der Waals surface area contributed by atoms with Crippen molar-refractivity contribution < 1.29 is 15.0 Å². The zero-order valence-corrected chi connectivity index (χ0v) is 22.0. The van der Waals surface area contributed by atoms with E-state index < -0.39 is 11.6 Å². The average Bonchev–Trinajstić information content (AvgIpc) is 2.83. The van der Waals surface area contributed by atoms with Crippen molar-refractivity contribution in [3.8, 4) is 11.3 Å². The molecule has 0 fully saturated rings. The van der Waals surface area contributed by atoms with Crippen LogP contribution >= 0.6 is 0 Å². The Bertz CT molecular complexity index is 951. The van der Waals surface area contributed by atoms with Crippen molar-refractivity contribution in [2.45, 2.75) is 39.7 Å². The van der Waals surface area contributed by atoms with E-state index in [0.717, 1.165) is 22.5 Å². The maximum Gasteiger partial charge on any atom is 0.335 e. The van der Waals surface area contributed by atoms with Crippen LogP contribution in [0.5, 0.6) is 0 Å². The number of allylic oxidation sites excluding steroid dienone is 5. The number of nitrogens with one attached hydrogen (secondary N) is 1. The number of carboxylic acid groups (broad SMARTS) is 1.